The van der Waals surface area contributed by atoms with Crippen molar-refractivity contribution in [1.82, 2.24) is 24.9 Å². The number of nitrogens with one attached hydrogen (secondary N) is 1. The van der Waals surface area contributed by atoms with Crippen molar-refractivity contribution in [3.8, 4) is 0 Å². The molecular formula is C28H27FN6O5. The summed E-state index contributed by atoms with van der Waals surface area (Å²) < 4.78 is 18.5. The van der Waals surface area contributed by atoms with E-state index >= 15 is 0 Å². The molecule has 0 aliphatic heterocycles. The van der Waals surface area contributed by atoms with Gasteiger partial charge in [-0.2, -0.15) is 14.6 Å². The number of carboxylic acid groups (broad SMARTS) is 1. The lowest BCUT2D eigenvalue weighted by molar-refractivity contribution is 0.0548. The zero-order valence-corrected chi connectivity index (χ0v) is 21.6. The van der Waals surface area contributed by atoms with Gasteiger partial charge in [0.05, 0.1) is 11.6 Å². The van der Waals surface area contributed by atoms with Gasteiger partial charge >= 0.3 is 11.9 Å². The topological polar surface area (TPSA) is 162 Å². The lowest BCUT2D eigenvalue weighted by Gasteiger charge is -2.16. The molecule has 4 aromatic rings. The fourth-order valence-electron chi connectivity index (χ4n) is 4.40. The maximum Gasteiger partial charge on any atom is 0.354 e. The van der Waals surface area contributed by atoms with Crippen molar-refractivity contribution in [2.45, 2.75) is 32.4 Å². The van der Waals surface area contributed by atoms with Gasteiger partial charge in [0.2, 0.25) is 0 Å². The molecule has 206 valence electrons. The molecule has 0 unspecified atom stereocenters. The Bertz CT molecular complexity index is 1580. The van der Waals surface area contributed by atoms with Gasteiger partial charge in [0.25, 0.3) is 11.7 Å². The molecule has 2 aromatic heterocycles. The van der Waals surface area contributed by atoms with Gasteiger partial charge in [-0.05, 0) is 60.2 Å². The molecule has 2 heterocycles. The first-order valence-electron chi connectivity index (χ1n) is 12.3. The molecule has 1 atom stereocenters. The van der Waals surface area contributed by atoms with Crippen molar-refractivity contribution in [2.75, 3.05) is 6.61 Å². The fourth-order valence-corrected chi connectivity index (χ4v) is 4.40. The van der Waals surface area contributed by atoms with E-state index in [1.54, 1.807) is 18.2 Å². The highest BCUT2D eigenvalue weighted by Crippen LogP contribution is 2.35. The van der Waals surface area contributed by atoms with E-state index in [1.807, 2.05) is 13.0 Å². The monoisotopic (exact) mass is 546 g/mol. The Balaban J connectivity index is 0.000000350. The molecule has 0 saturated heterocycles. The molecule has 12 heteroatoms. The van der Waals surface area contributed by atoms with Crippen LogP contribution in [0.25, 0.3) is 5.78 Å². The smallest absolute Gasteiger partial charge is 0.354 e. The van der Waals surface area contributed by atoms with Gasteiger partial charge in [0, 0.05) is 12.6 Å². The molecular weight excluding hydrogens is 519 g/mol. The van der Waals surface area contributed by atoms with Crippen LogP contribution in [0.1, 0.15) is 66.1 Å². The summed E-state index contributed by atoms with van der Waals surface area (Å²) in [5.74, 6) is -2.37. The Morgan fingerprint density at radius 1 is 1.25 bits per heavy atom. The van der Waals surface area contributed by atoms with Crippen LogP contribution in [0.5, 0.6) is 0 Å². The summed E-state index contributed by atoms with van der Waals surface area (Å²) in [7, 11) is 0. The molecule has 1 aliphatic rings. The predicted octanol–water partition coefficient (Wildman–Crippen LogP) is 3.18. The Hall–Kier alpha value is -4.97. The first-order chi connectivity index (χ1) is 19.2. The molecule has 0 radical (unpaired) electrons. The van der Waals surface area contributed by atoms with E-state index < -0.39 is 17.8 Å². The van der Waals surface area contributed by atoms with Crippen molar-refractivity contribution in [3.05, 3.63) is 106 Å². The first kappa shape index (κ1) is 28.0. The van der Waals surface area contributed by atoms with Crippen LogP contribution in [0.3, 0.4) is 0 Å². The van der Waals surface area contributed by atoms with Crippen LogP contribution in [0, 0.1) is 12.7 Å². The lowest BCUT2D eigenvalue weighted by atomic mass is 9.98. The number of halogens is 1. The summed E-state index contributed by atoms with van der Waals surface area (Å²) in [4.78, 5) is 44.3. The van der Waals surface area contributed by atoms with Gasteiger partial charge in [-0.15, -0.1) is 0 Å². The van der Waals surface area contributed by atoms with Gasteiger partial charge < -0.3 is 20.9 Å². The number of ether oxygens (including phenoxy) is 1. The molecule has 1 aliphatic carbocycles. The largest absolute Gasteiger partial charge is 0.477 e. The Labute approximate surface area is 228 Å². The number of carboxylic acids is 1. The SMILES string of the molecule is C=CCOC(=O)c1ccc2c(c1C)CC[C@@H]2NC(=O)c1cc(C(=O)O)nc2ncnn12.NCc1ccc(F)cc1. The Morgan fingerprint density at radius 2 is 2.00 bits per heavy atom. The van der Waals surface area contributed by atoms with Crippen molar-refractivity contribution >= 4 is 23.6 Å². The summed E-state index contributed by atoms with van der Waals surface area (Å²) in [6.45, 7) is 6.00. The van der Waals surface area contributed by atoms with E-state index in [9.17, 15) is 23.9 Å². The zero-order chi connectivity index (χ0) is 28.8. The van der Waals surface area contributed by atoms with Crippen LogP contribution in [0.15, 0.2) is 61.4 Å². The molecule has 0 spiro atoms. The van der Waals surface area contributed by atoms with Crippen LogP contribution in [0.2, 0.25) is 0 Å². The fraction of sp³-hybridized carbons (Fsp3) is 0.214. The third-order valence-corrected chi connectivity index (χ3v) is 6.40. The number of rotatable bonds is 7. The number of hydrogen-bond donors (Lipinski definition) is 3. The van der Waals surface area contributed by atoms with Gasteiger partial charge in [-0.3, -0.25) is 4.79 Å². The van der Waals surface area contributed by atoms with Crippen LogP contribution >= 0.6 is 0 Å². The minimum absolute atomic E-state index is 0.0229. The number of carbonyl (C=O) groups is 3. The number of aromatic nitrogens is 4. The van der Waals surface area contributed by atoms with Gasteiger partial charge in [-0.25, -0.2) is 19.0 Å². The molecule has 11 nitrogen and oxygen atoms in total. The van der Waals surface area contributed by atoms with Crippen molar-refractivity contribution in [1.29, 1.82) is 0 Å². The molecule has 0 fully saturated rings. The second-order valence-corrected chi connectivity index (χ2v) is 8.89. The summed E-state index contributed by atoms with van der Waals surface area (Å²) in [5.41, 5.74) is 9.16. The number of aromatic carboxylic acids is 1. The van der Waals surface area contributed by atoms with E-state index in [-0.39, 0.29) is 35.6 Å². The lowest BCUT2D eigenvalue weighted by Crippen LogP contribution is -2.29. The van der Waals surface area contributed by atoms with Crippen LogP contribution in [-0.4, -0.2) is 49.1 Å². The van der Waals surface area contributed by atoms with Gasteiger partial charge in [0.1, 0.15) is 24.4 Å². The van der Waals surface area contributed by atoms with E-state index in [1.165, 1.54) is 35.1 Å². The molecule has 4 N–H and O–H groups in total. The van der Waals surface area contributed by atoms with Crippen molar-refractivity contribution in [3.63, 3.8) is 0 Å². The summed E-state index contributed by atoms with van der Waals surface area (Å²) >= 11 is 0. The number of esters is 1. The Morgan fingerprint density at radius 3 is 2.67 bits per heavy atom. The average molecular weight is 547 g/mol. The van der Waals surface area contributed by atoms with Crippen LogP contribution in [0.4, 0.5) is 4.39 Å². The Kier molecular flexibility index (Phi) is 8.60. The van der Waals surface area contributed by atoms with E-state index in [0.29, 0.717) is 24.9 Å². The maximum atomic E-state index is 13.0. The van der Waals surface area contributed by atoms with E-state index in [4.69, 9.17) is 10.5 Å². The highest BCUT2D eigenvalue weighted by molar-refractivity contribution is 5.96. The second-order valence-electron chi connectivity index (χ2n) is 8.89. The number of nitrogens with zero attached hydrogens (tertiary/aromatic N) is 4. The number of amides is 1. The standard InChI is InChI=1S/C21H19N5O5.C7H8FN/c1-3-8-31-20(30)13-4-5-14-12(11(13)2)6-7-15(14)24-18(27)17-9-16(19(28)29)25-21-22-10-23-26(17)21;8-7-3-1-6(5-9)2-4-7/h3-5,9-10,15H,1,6-8H2,2H3,(H,24,27)(H,28,29);1-4H,5,9H2/t15-;/m0./s1. The van der Waals surface area contributed by atoms with Crippen LogP contribution < -0.4 is 11.1 Å². The molecule has 5 rings (SSSR count). The van der Waals surface area contributed by atoms with Crippen LogP contribution in [-0.2, 0) is 17.7 Å². The molecule has 0 saturated carbocycles. The highest BCUT2D eigenvalue weighted by atomic mass is 19.1. The third-order valence-electron chi connectivity index (χ3n) is 6.40. The summed E-state index contributed by atoms with van der Waals surface area (Å²) in [5, 5.41) is 16.2. The summed E-state index contributed by atoms with van der Waals surface area (Å²) in [6, 6.07) is 10.5. The number of fused-ring (bicyclic) bond motifs is 2. The zero-order valence-electron chi connectivity index (χ0n) is 21.6. The number of hydrogen-bond acceptors (Lipinski definition) is 8. The minimum atomic E-state index is -1.27. The second kappa shape index (κ2) is 12.3. The van der Waals surface area contributed by atoms with Crippen molar-refractivity contribution < 1.29 is 28.6 Å². The molecule has 1 amide bonds. The molecule has 0 bridgehead atoms. The number of nitrogens with two attached hydrogens (primary N) is 1. The normalized spacial score (nSPS) is 13.6. The van der Waals surface area contributed by atoms with Gasteiger partial charge in [-0.1, -0.05) is 30.9 Å². The molecule has 2 aromatic carbocycles. The number of benzene rings is 2. The van der Waals surface area contributed by atoms with Gasteiger partial charge in [0.15, 0.2) is 5.69 Å². The van der Waals surface area contributed by atoms with E-state index in [2.05, 4.69) is 27.0 Å². The third kappa shape index (κ3) is 6.02. The number of carbonyl (C=O) groups excluding carboxylic acids is 2. The average Bonchev–Trinajstić information content (AvgIpc) is 3.59. The first-order valence-corrected chi connectivity index (χ1v) is 12.3. The van der Waals surface area contributed by atoms with E-state index in [0.717, 1.165) is 22.3 Å². The highest BCUT2D eigenvalue weighted by Gasteiger charge is 2.29. The predicted molar refractivity (Wildman–Crippen MR) is 142 cm³/mol. The molecule has 40 heavy (non-hydrogen) atoms. The minimum Gasteiger partial charge on any atom is -0.477 e. The quantitative estimate of drug-likeness (QED) is 0.233. The summed E-state index contributed by atoms with van der Waals surface area (Å²) in [6.07, 6.45) is 4.04. The van der Waals surface area contributed by atoms with Crippen molar-refractivity contribution in [2.24, 2.45) is 5.73 Å². The maximum absolute atomic E-state index is 13.0.